The fourth-order valence-corrected chi connectivity index (χ4v) is 1.89. The summed E-state index contributed by atoms with van der Waals surface area (Å²) in [6.07, 6.45) is 0. The zero-order chi connectivity index (χ0) is 11.5. The summed E-state index contributed by atoms with van der Waals surface area (Å²) in [5, 5.41) is 7.08. The third kappa shape index (κ3) is 2.61. The van der Waals surface area contributed by atoms with E-state index in [2.05, 4.69) is 44.4 Å². The summed E-state index contributed by atoms with van der Waals surface area (Å²) in [4.78, 5) is 4.12. The maximum atomic E-state index is 4.89. The molecule has 0 radical (unpaired) electrons. The molecule has 0 spiro atoms. The predicted molar refractivity (Wildman–Crippen MR) is 65.2 cm³/mol. The Morgan fingerprint density at radius 3 is 2.81 bits per heavy atom. The summed E-state index contributed by atoms with van der Waals surface area (Å²) < 4.78 is 5.97. The monoisotopic (exact) mass is 281 g/mol. The van der Waals surface area contributed by atoms with Crippen molar-refractivity contribution >= 4 is 21.6 Å². The Kier molecular flexibility index (Phi) is 3.24. The first kappa shape index (κ1) is 11.1. The summed E-state index contributed by atoms with van der Waals surface area (Å²) in [7, 11) is 0. The zero-order valence-electron chi connectivity index (χ0n) is 9.12. The molecule has 0 saturated carbocycles. The lowest BCUT2D eigenvalue weighted by Gasteiger charge is -2.07. The largest absolute Gasteiger partial charge is 0.377 e. The number of anilines is 1. The standard InChI is InChI=1S/C11H12BrN3O/c1-7-5-9(12)3-4-10(7)13-6-11-14-8(2)16-15-11/h3-5,13H,6H2,1-2H3. The molecule has 2 aromatic rings. The fraction of sp³-hybridized carbons (Fsp3) is 0.273. The molecule has 0 atom stereocenters. The summed E-state index contributed by atoms with van der Waals surface area (Å²) in [6.45, 7) is 4.40. The molecule has 0 bridgehead atoms. The minimum atomic E-state index is 0.569. The Balaban J connectivity index is 2.04. The van der Waals surface area contributed by atoms with E-state index in [9.17, 15) is 0 Å². The van der Waals surface area contributed by atoms with Crippen LogP contribution in [0.1, 0.15) is 17.3 Å². The average molecular weight is 282 g/mol. The minimum Gasteiger partial charge on any atom is -0.377 e. The summed E-state index contributed by atoms with van der Waals surface area (Å²) in [6, 6.07) is 6.08. The second-order valence-corrected chi connectivity index (χ2v) is 4.46. The van der Waals surface area contributed by atoms with Gasteiger partial charge in [-0.2, -0.15) is 4.98 Å². The van der Waals surface area contributed by atoms with Crippen LogP contribution in [0.4, 0.5) is 5.69 Å². The molecule has 4 nitrogen and oxygen atoms in total. The van der Waals surface area contributed by atoms with Gasteiger partial charge in [0.05, 0.1) is 6.54 Å². The van der Waals surface area contributed by atoms with Crippen LogP contribution in [0.25, 0.3) is 0 Å². The van der Waals surface area contributed by atoms with Gasteiger partial charge in [0.25, 0.3) is 0 Å². The first-order valence-corrected chi connectivity index (χ1v) is 5.73. The van der Waals surface area contributed by atoms with Crippen LogP contribution in [0.2, 0.25) is 0 Å². The number of benzene rings is 1. The van der Waals surface area contributed by atoms with Crippen molar-refractivity contribution in [2.24, 2.45) is 0 Å². The van der Waals surface area contributed by atoms with Gasteiger partial charge >= 0.3 is 0 Å². The van der Waals surface area contributed by atoms with Gasteiger partial charge in [-0.05, 0) is 30.7 Å². The molecule has 1 aromatic carbocycles. The number of rotatable bonds is 3. The van der Waals surface area contributed by atoms with Crippen LogP contribution in [0, 0.1) is 13.8 Å². The van der Waals surface area contributed by atoms with Crippen molar-refractivity contribution in [1.29, 1.82) is 0 Å². The average Bonchev–Trinajstić information content (AvgIpc) is 2.63. The molecule has 0 amide bonds. The van der Waals surface area contributed by atoms with Crippen LogP contribution < -0.4 is 5.32 Å². The number of aromatic nitrogens is 2. The Morgan fingerprint density at radius 2 is 2.19 bits per heavy atom. The van der Waals surface area contributed by atoms with E-state index in [1.165, 1.54) is 5.56 Å². The normalized spacial score (nSPS) is 10.4. The van der Waals surface area contributed by atoms with E-state index in [0.717, 1.165) is 10.2 Å². The highest BCUT2D eigenvalue weighted by molar-refractivity contribution is 9.10. The molecule has 5 heteroatoms. The molecule has 1 aromatic heterocycles. The molecule has 1 N–H and O–H groups in total. The SMILES string of the molecule is Cc1nc(CNc2ccc(Br)cc2C)no1. The van der Waals surface area contributed by atoms with Gasteiger partial charge in [0.2, 0.25) is 5.89 Å². The first-order valence-electron chi connectivity index (χ1n) is 4.94. The Bertz CT molecular complexity index is 496. The van der Waals surface area contributed by atoms with E-state index < -0.39 is 0 Å². The number of halogens is 1. The zero-order valence-corrected chi connectivity index (χ0v) is 10.7. The van der Waals surface area contributed by atoms with Crippen molar-refractivity contribution in [1.82, 2.24) is 10.1 Å². The third-order valence-electron chi connectivity index (χ3n) is 2.20. The van der Waals surface area contributed by atoms with E-state index in [1.807, 2.05) is 12.1 Å². The molecule has 0 aliphatic carbocycles. The topological polar surface area (TPSA) is 51.0 Å². The summed E-state index contributed by atoms with van der Waals surface area (Å²) >= 11 is 3.43. The van der Waals surface area contributed by atoms with Crippen LogP contribution in [0.3, 0.4) is 0 Å². The van der Waals surface area contributed by atoms with Gasteiger partial charge in [-0.15, -0.1) is 0 Å². The second-order valence-electron chi connectivity index (χ2n) is 3.54. The molecule has 1 heterocycles. The molecule has 0 unspecified atom stereocenters. The lowest BCUT2D eigenvalue weighted by molar-refractivity contribution is 0.388. The highest BCUT2D eigenvalue weighted by atomic mass is 79.9. The summed E-state index contributed by atoms with van der Waals surface area (Å²) in [5.41, 5.74) is 2.25. The van der Waals surface area contributed by atoms with Crippen LogP contribution in [0.15, 0.2) is 27.2 Å². The minimum absolute atomic E-state index is 0.569. The number of aryl methyl sites for hydroxylation is 2. The predicted octanol–water partition coefficient (Wildman–Crippen LogP) is 3.06. The lowest BCUT2D eigenvalue weighted by atomic mass is 10.2. The van der Waals surface area contributed by atoms with Gasteiger partial charge in [-0.3, -0.25) is 0 Å². The van der Waals surface area contributed by atoms with Gasteiger partial charge in [-0.25, -0.2) is 0 Å². The van der Waals surface area contributed by atoms with Crippen LogP contribution in [-0.2, 0) is 6.54 Å². The Labute approximate surface area is 102 Å². The molecule has 0 aliphatic heterocycles. The maximum Gasteiger partial charge on any atom is 0.223 e. The van der Waals surface area contributed by atoms with E-state index in [4.69, 9.17) is 4.52 Å². The third-order valence-corrected chi connectivity index (χ3v) is 2.69. The molecular formula is C11H12BrN3O. The Morgan fingerprint density at radius 1 is 1.38 bits per heavy atom. The first-order chi connectivity index (χ1) is 7.65. The highest BCUT2D eigenvalue weighted by Gasteiger charge is 2.03. The second kappa shape index (κ2) is 4.65. The smallest absolute Gasteiger partial charge is 0.223 e. The Hall–Kier alpha value is -1.36. The number of nitrogens with zero attached hydrogens (tertiary/aromatic N) is 2. The highest BCUT2D eigenvalue weighted by Crippen LogP contribution is 2.20. The quantitative estimate of drug-likeness (QED) is 0.940. The van der Waals surface area contributed by atoms with Gasteiger partial charge in [0.1, 0.15) is 0 Å². The molecule has 2 rings (SSSR count). The molecule has 0 saturated heterocycles. The van der Waals surface area contributed by atoms with Crippen molar-refractivity contribution in [3.63, 3.8) is 0 Å². The molecule has 16 heavy (non-hydrogen) atoms. The van der Waals surface area contributed by atoms with Crippen LogP contribution >= 0.6 is 15.9 Å². The number of hydrogen-bond donors (Lipinski definition) is 1. The van der Waals surface area contributed by atoms with E-state index >= 15 is 0 Å². The van der Waals surface area contributed by atoms with Crippen LogP contribution in [-0.4, -0.2) is 10.1 Å². The van der Waals surface area contributed by atoms with E-state index in [0.29, 0.717) is 18.3 Å². The lowest BCUT2D eigenvalue weighted by Crippen LogP contribution is -2.02. The van der Waals surface area contributed by atoms with E-state index in [1.54, 1.807) is 6.92 Å². The fourth-order valence-electron chi connectivity index (χ4n) is 1.41. The molecular weight excluding hydrogens is 270 g/mol. The van der Waals surface area contributed by atoms with E-state index in [-0.39, 0.29) is 0 Å². The van der Waals surface area contributed by atoms with Gasteiger partial charge in [0.15, 0.2) is 5.82 Å². The summed E-state index contributed by atoms with van der Waals surface area (Å²) in [5.74, 6) is 1.25. The molecule has 0 fully saturated rings. The maximum absolute atomic E-state index is 4.89. The van der Waals surface area contributed by atoms with Crippen molar-refractivity contribution in [2.45, 2.75) is 20.4 Å². The van der Waals surface area contributed by atoms with Crippen molar-refractivity contribution in [3.8, 4) is 0 Å². The van der Waals surface area contributed by atoms with Gasteiger partial charge < -0.3 is 9.84 Å². The molecule has 0 aliphatic rings. The van der Waals surface area contributed by atoms with Crippen molar-refractivity contribution < 1.29 is 4.52 Å². The van der Waals surface area contributed by atoms with Gasteiger partial charge in [0, 0.05) is 17.1 Å². The number of hydrogen-bond acceptors (Lipinski definition) is 4. The van der Waals surface area contributed by atoms with Crippen molar-refractivity contribution in [2.75, 3.05) is 5.32 Å². The molecule has 84 valence electrons. The van der Waals surface area contributed by atoms with Crippen LogP contribution in [0.5, 0.6) is 0 Å². The number of nitrogens with one attached hydrogen (secondary N) is 1. The van der Waals surface area contributed by atoms with Crippen molar-refractivity contribution in [3.05, 3.63) is 40.0 Å². The van der Waals surface area contributed by atoms with Gasteiger partial charge in [-0.1, -0.05) is 21.1 Å².